The van der Waals surface area contributed by atoms with Crippen LogP contribution >= 0.6 is 15.9 Å². The van der Waals surface area contributed by atoms with Gasteiger partial charge in [-0.1, -0.05) is 0 Å². The van der Waals surface area contributed by atoms with Crippen molar-refractivity contribution in [2.45, 2.75) is 33.0 Å². The molecule has 0 aromatic carbocycles. The van der Waals surface area contributed by atoms with Gasteiger partial charge in [0.25, 0.3) is 0 Å². The van der Waals surface area contributed by atoms with Gasteiger partial charge in [-0.25, -0.2) is 4.98 Å². The predicted molar refractivity (Wildman–Crippen MR) is 66.6 cm³/mol. The monoisotopic (exact) mass is 282 g/mol. The molecule has 1 fully saturated rings. The van der Waals surface area contributed by atoms with E-state index in [0.29, 0.717) is 6.61 Å². The van der Waals surface area contributed by atoms with Crippen molar-refractivity contribution in [2.75, 3.05) is 18.0 Å². The van der Waals surface area contributed by atoms with E-state index in [-0.39, 0.29) is 0 Å². The topological polar surface area (TPSA) is 25.4 Å². The lowest BCUT2D eigenvalue weighted by Gasteiger charge is -2.20. The molecule has 0 atom stereocenters. The number of ether oxygens (including phenoxy) is 1. The van der Waals surface area contributed by atoms with E-state index in [1.165, 1.54) is 29.5 Å². The van der Waals surface area contributed by atoms with Crippen LogP contribution in [0.1, 0.15) is 29.5 Å². The molecule has 3 nitrogen and oxygen atoms in total. The van der Waals surface area contributed by atoms with Gasteiger partial charge in [0.1, 0.15) is 10.4 Å². The molecule has 16 heavy (non-hydrogen) atoms. The van der Waals surface area contributed by atoms with E-state index in [9.17, 15) is 0 Å². The lowest BCUT2D eigenvalue weighted by molar-refractivity contribution is 0.134. The van der Waals surface area contributed by atoms with Crippen LogP contribution in [0, 0.1) is 6.92 Å². The lowest BCUT2D eigenvalue weighted by Crippen LogP contribution is -2.21. The van der Waals surface area contributed by atoms with Crippen molar-refractivity contribution in [2.24, 2.45) is 0 Å². The minimum absolute atomic E-state index is 0.698. The van der Waals surface area contributed by atoms with Crippen LogP contribution in [-0.4, -0.2) is 18.1 Å². The Morgan fingerprint density at radius 2 is 1.88 bits per heavy atom. The van der Waals surface area contributed by atoms with E-state index in [4.69, 9.17) is 4.74 Å². The second-order valence-electron chi connectivity index (χ2n) is 4.50. The van der Waals surface area contributed by atoms with E-state index in [1.807, 2.05) is 0 Å². The van der Waals surface area contributed by atoms with Crippen LogP contribution in [0.25, 0.3) is 0 Å². The van der Waals surface area contributed by atoms with Gasteiger partial charge in [0, 0.05) is 18.7 Å². The molecule has 0 bridgehead atoms. The molecule has 0 amide bonds. The zero-order chi connectivity index (χ0) is 11.1. The second kappa shape index (κ2) is 4.00. The minimum Gasteiger partial charge on any atom is -0.372 e. The molecule has 0 saturated carbocycles. The van der Waals surface area contributed by atoms with Gasteiger partial charge in [-0.05, 0) is 46.8 Å². The highest BCUT2D eigenvalue weighted by molar-refractivity contribution is 9.10. The van der Waals surface area contributed by atoms with Gasteiger partial charge in [0.15, 0.2) is 0 Å². The normalized spacial score (nSPS) is 19.2. The van der Waals surface area contributed by atoms with Crippen LogP contribution in [-0.2, 0) is 18.0 Å². The Balaban J connectivity index is 2.08. The highest BCUT2D eigenvalue weighted by atomic mass is 79.9. The van der Waals surface area contributed by atoms with E-state index < -0.39 is 0 Å². The molecular formula is C12H15BrN2O. The fourth-order valence-corrected chi connectivity index (χ4v) is 3.09. The maximum atomic E-state index is 5.51. The molecule has 86 valence electrons. The molecule has 1 aromatic heterocycles. The van der Waals surface area contributed by atoms with Crippen molar-refractivity contribution in [3.05, 3.63) is 21.3 Å². The van der Waals surface area contributed by atoms with Gasteiger partial charge in [0.05, 0.1) is 13.2 Å². The van der Waals surface area contributed by atoms with Gasteiger partial charge >= 0.3 is 0 Å². The minimum atomic E-state index is 0.698. The fourth-order valence-electron chi connectivity index (χ4n) is 2.56. The van der Waals surface area contributed by atoms with Gasteiger partial charge in [-0.3, -0.25) is 0 Å². The summed E-state index contributed by atoms with van der Waals surface area (Å²) in [5, 5.41) is 0. The average Bonchev–Trinajstić information content (AvgIpc) is 2.92. The maximum absolute atomic E-state index is 5.51. The fraction of sp³-hybridized carbons (Fsp3) is 0.583. The largest absolute Gasteiger partial charge is 0.372 e. The SMILES string of the molecule is Cc1c(N2CCCC2)nc(Br)c2c1COC2. The number of hydrogen-bond acceptors (Lipinski definition) is 3. The zero-order valence-electron chi connectivity index (χ0n) is 9.42. The standard InChI is InChI=1S/C12H15BrN2O/c1-8-9-6-16-7-10(9)11(13)14-12(8)15-4-2-3-5-15/h2-7H2,1H3. The summed E-state index contributed by atoms with van der Waals surface area (Å²) in [6, 6.07) is 0. The third kappa shape index (κ3) is 1.55. The first-order valence-electron chi connectivity index (χ1n) is 5.78. The summed E-state index contributed by atoms with van der Waals surface area (Å²) in [6.07, 6.45) is 2.57. The van der Waals surface area contributed by atoms with Crippen molar-refractivity contribution in [1.82, 2.24) is 4.98 Å². The third-order valence-electron chi connectivity index (χ3n) is 3.50. The van der Waals surface area contributed by atoms with Crippen LogP contribution in [0.4, 0.5) is 5.82 Å². The Bertz CT molecular complexity index is 428. The Morgan fingerprint density at radius 3 is 2.62 bits per heavy atom. The molecule has 0 unspecified atom stereocenters. The predicted octanol–water partition coefficient (Wildman–Crippen LogP) is 2.78. The zero-order valence-corrected chi connectivity index (χ0v) is 11.0. The molecule has 2 aliphatic rings. The summed E-state index contributed by atoms with van der Waals surface area (Å²) < 4.78 is 6.47. The summed E-state index contributed by atoms with van der Waals surface area (Å²) >= 11 is 3.56. The summed E-state index contributed by atoms with van der Waals surface area (Å²) in [4.78, 5) is 7.08. The van der Waals surface area contributed by atoms with Crippen LogP contribution < -0.4 is 4.90 Å². The lowest BCUT2D eigenvalue weighted by atomic mass is 10.1. The molecule has 3 heterocycles. The van der Waals surface area contributed by atoms with Crippen molar-refractivity contribution in [3.8, 4) is 0 Å². The first-order valence-corrected chi connectivity index (χ1v) is 6.57. The van der Waals surface area contributed by atoms with E-state index in [1.54, 1.807) is 0 Å². The number of halogens is 1. The molecule has 1 aromatic rings. The summed E-state index contributed by atoms with van der Waals surface area (Å²) in [7, 11) is 0. The number of rotatable bonds is 1. The third-order valence-corrected chi connectivity index (χ3v) is 4.16. The number of aromatic nitrogens is 1. The Morgan fingerprint density at radius 1 is 1.19 bits per heavy atom. The van der Waals surface area contributed by atoms with Crippen LogP contribution in [0.2, 0.25) is 0 Å². The highest BCUT2D eigenvalue weighted by Crippen LogP contribution is 2.34. The molecule has 0 spiro atoms. The number of hydrogen-bond donors (Lipinski definition) is 0. The van der Waals surface area contributed by atoms with E-state index in [0.717, 1.165) is 30.1 Å². The summed E-state index contributed by atoms with van der Waals surface area (Å²) in [5.74, 6) is 1.15. The van der Waals surface area contributed by atoms with Crippen molar-refractivity contribution < 1.29 is 4.74 Å². The average molecular weight is 283 g/mol. The van der Waals surface area contributed by atoms with Crippen LogP contribution in [0.3, 0.4) is 0 Å². The molecule has 0 aliphatic carbocycles. The molecule has 3 rings (SSSR count). The molecular weight excluding hydrogens is 268 g/mol. The smallest absolute Gasteiger partial charge is 0.133 e. The number of anilines is 1. The van der Waals surface area contributed by atoms with Crippen molar-refractivity contribution in [3.63, 3.8) is 0 Å². The van der Waals surface area contributed by atoms with E-state index in [2.05, 4.69) is 32.7 Å². The summed E-state index contributed by atoms with van der Waals surface area (Å²) in [5.41, 5.74) is 3.88. The maximum Gasteiger partial charge on any atom is 0.133 e. The Hall–Kier alpha value is -0.610. The second-order valence-corrected chi connectivity index (χ2v) is 5.25. The number of pyridine rings is 1. The number of fused-ring (bicyclic) bond motifs is 1. The van der Waals surface area contributed by atoms with Gasteiger partial charge in [-0.15, -0.1) is 0 Å². The van der Waals surface area contributed by atoms with Gasteiger partial charge < -0.3 is 9.64 Å². The molecule has 1 saturated heterocycles. The first kappa shape index (κ1) is 10.5. The summed E-state index contributed by atoms with van der Waals surface area (Å²) in [6.45, 7) is 5.88. The molecule has 2 aliphatic heterocycles. The first-order chi connectivity index (χ1) is 7.77. The quantitative estimate of drug-likeness (QED) is 0.741. The van der Waals surface area contributed by atoms with Crippen LogP contribution in [0.15, 0.2) is 4.60 Å². The molecule has 0 radical (unpaired) electrons. The van der Waals surface area contributed by atoms with Crippen molar-refractivity contribution in [1.29, 1.82) is 0 Å². The number of nitrogens with zero attached hydrogens (tertiary/aromatic N) is 2. The van der Waals surface area contributed by atoms with Gasteiger partial charge in [0.2, 0.25) is 0 Å². The molecule has 4 heteroatoms. The molecule has 0 N–H and O–H groups in total. The highest BCUT2D eigenvalue weighted by Gasteiger charge is 2.24. The van der Waals surface area contributed by atoms with E-state index >= 15 is 0 Å². The Kier molecular flexibility index (Phi) is 2.64. The van der Waals surface area contributed by atoms with Crippen molar-refractivity contribution >= 4 is 21.7 Å². The van der Waals surface area contributed by atoms with Gasteiger partial charge in [-0.2, -0.15) is 0 Å². The van der Waals surface area contributed by atoms with Crippen LogP contribution in [0.5, 0.6) is 0 Å². The Labute approximate surface area is 104 Å².